The first-order valence-corrected chi connectivity index (χ1v) is 6.33. The molecule has 1 heterocycles. The standard InChI is InChI=1S/C13H17NOS/c1-10(11-7-5-4-6-8-11)16-12-9-13(2,3)15-14-12/h4-10,14H,1-3H3. The highest BCUT2D eigenvalue weighted by molar-refractivity contribution is 8.03. The van der Waals surface area contributed by atoms with Crippen LogP contribution >= 0.6 is 11.8 Å². The van der Waals surface area contributed by atoms with Gasteiger partial charge >= 0.3 is 0 Å². The van der Waals surface area contributed by atoms with E-state index in [-0.39, 0.29) is 5.60 Å². The van der Waals surface area contributed by atoms with Gasteiger partial charge in [-0.1, -0.05) is 42.1 Å². The first-order valence-electron chi connectivity index (χ1n) is 5.45. The number of benzene rings is 1. The van der Waals surface area contributed by atoms with Crippen LogP contribution in [0.15, 0.2) is 41.4 Å². The van der Waals surface area contributed by atoms with Crippen molar-refractivity contribution in [3.8, 4) is 0 Å². The van der Waals surface area contributed by atoms with Crippen LogP contribution in [-0.2, 0) is 4.84 Å². The number of thioether (sulfide) groups is 1. The maximum atomic E-state index is 5.43. The van der Waals surface area contributed by atoms with E-state index in [4.69, 9.17) is 4.84 Å². The zero-order valence-electron chi connectivity index (χ0n) is 9.86. The molecular weight excluding hydrogens is 218 g/mol. The zero-order valence-corrected chi connectivity index (χ0v) is 10.7. The summed E-state index contributed by atoms with van der Waals surface area (Å²) in [7, 11) is 0. The van der Waals surface area contributed by atoms with Crippen LogP contribution in [0.2, 0.25) is 0 Å². The van der Waals surface area contributed by atoms with E-state index in [1.54, 1.807) is 11.8 Å². The molecule has 86 valence electrons. The Morgan fingerprint density at radius 2 is 1.94 bits per heavy atom. The van der Waals surface area contributed by atoms with E-state index in [1.165, 1.54) is 5.56 Å². The Kier molecular flexibility index (Phi) is 3.26. The average molecular weight is 235 g/mol. The van der Waals surface area contributed by atoms with Gasteiger partial charge in [-0.2, -0.15) is 0 Å². The van der Waals surface area contributed by atoms with Crippen LogP contribution in [0.3, 0.4) is 0 Å². The molecule has 0 amide bonds. The van der Waals surface area contributed by atoms with Crippen molar-refractivity contribution in [3.05, 3.63) is 47.0 Å². The van der Waals surface area contributed by atoms with Crippen molar-refractivity contribution in [3.63, 3.8) is 0 Å². The third-order valence-corrected chi connectivity index (χ3v) is 3.55. The molecule has 0 saturated carbocycles. The SMILES string of the molecule is CC(SC1=CC(C)(C)ON1)c1ccccc1. The average Bonchev–Trinajstić information content (AvgIpc) is 2.59. The van der Waals surface area contributed by atoms with Gasteiger partial charge in [-0.25, -0.2) is 0 Å². The lowest BCUT2D eigenvalue weighted by molar-refractivity contribution is -0.0127. The molecule has 2 nitrogen and oxygen atoms in total. The molecule has 0 bridgehead atoms. The summed E-state index contributed by atoms with van der Waals surface area (Å²) in [5.74, 6) is 0. The van der Waals surface area contributed by atoms with Crippen LogP contribution in [-0.4, -0.2) is 5.60 Å². The molecule has 1 aliphatic heterocycles. The van der Waals surface area contributed by atoms with Crippen LogP contribution in [0.1, 0.15) is 31.6 Å². The van der Waals surface area contributed by atoms with Crippen LogP contribution in [0.25, 0.3) is 0 Å². The van der Waals surface area contributed by atoms with Crippen molar-refractivity contribution in [1.29, 1.82) is 0 Å². The van der Waals surface area contributed by atoms with Crippen LogP contribution in [0, 0.1) is 0 Å². The highest BCUT2D eigenvalue weighted by Crippen LogP contribution is 2.36. The van der Waals surface area contributed by atoms with Crippen molar-refractivity contribution in [1.82, 2.24) is 5.48 Å². The normalized spacial score (nSPS) is 20.1. The first kappa shape index (κ1) is 11.6. The summed E-state index contributed by atoms with van der Waals surface area (Å²) in [6.45, 7) is 6.29. The number of hydrogen-bond donors (Lipinski definition) is 1. The predicted molar refractivity (Wildman–Crippen MR) is 68.8 cm³/mol. The van der Waals surface area contributed by atoms with Gasteiger partial charge in [0, 0.05) is 5.25 Å². The second-order valence-electron chi connectivity index (χ2n) is 4.49. The molecule has 0 spiro atoms. The largest absolute Gasteiger partial charge is 0.265 e. The molecular formula is C13H17NOS. The molecule has 3 heteroatoms. The molecule has 1 aromatic rings. The Balaban J connectivity index is 2.01. The van der Waals surface area contributed by atoms with Gasteiger partial charge < -0.3 is 0 Å². The highest BCUT2D eigenvalue weighted by Gasteiger charge is 2.25. The predicted octanol–water partition coefficient (Wildman–Crippen LogP) is 3.64. The summed E-state index contributed by atoms with van der Waals surface area (Å²) >= 11 is 1.79. The second kappa shape index (κ2) is 4.52. The van der Waals surface area contributed by atoms with Crippen LogP contribution in [0.4, 0.5) is 0 Å². The van der Waals surface area contributed by atoms with E-state index in [2.05, 4.69) is 42.7 Å². The number of rotatable bonds is 3. The number of nitrogens with one attached hydrogen (secondary N) is 1. The minimum absolute atomic E-state index is 0.196. The van der Waals surface area contributed by atoms with Gasteiger partial charge in [0.2, 0.25) is 0 Å². The Hall–Kier alpha value is -0.930. The van der Waals surface area contributed by atoms with E-state index in [0.717, 1.165) is 5.03 Å². The lowest BCUT2D eigenvalue weighted by Crippen LogP contribution is -2.20. The minimum atomic E-state index is -0.196. The Labute approximate surface area is 101 Å². The summed E-state index contributed by atoms with van der Waals surface area (Å²) < 4.78 is 0. The molecule has 0 aromatic heterocycles. The van der Waals surface area contributed by atoms with Gasteiger partial charge in [0.15, 0.2) is 0 Å². The molecule has 0 fully saturated rings. The lowest BCUT2D eigenvalue weighted by atomic mass is 10.1. The van der Waals surface area contributed by atoms with Gasteiger partial charge in [0.05, 0.1) is 5.03 Å². The third kappa shape index (κ3) is 2.80. The maximum absolute atomic E-state index is 5.43. The molecule has 1 aliphatic rings. The highest BCUT2D eigenvalue weighted by atomic mass is 32.2. The smallest absolute Gasteiger partial charge is 0.111 e. The van der Waals surface area contributed by atoms with Gasteiger partial charge in [0.1, 0.15) is 5.60 Å². The van der Waals surface area contributed by atoms with Crippen LogP contribution in [0.5, 0.6) is 0 Å². The number of hydrogen-bond acceptors (Lipinski definition) is 3. The summed E-state index contributed by atoms with van der Waals surface area (Å²) in [5, 5.41) is 1.53. The first-order chi connectivity index (χ1) is 7.57. The second-order valence-corrected chi connectivity index (χ2v) is 5.87. The van der Waals surface area contributed by atoms with Crippen molar-refractivity contribution in [2.24, 2.45) is 0 Å². The summed E-state index contributed by atoms with van der Waals surface area (Å²) in [5.41, 5.74) is 4.11. The fourth-order valence-corrected chi connectivity index (χ4v) is 2.71. The summed E-state index contributed by atoms with van der Waals surface area (Å²) in [4.78, 5) is 5.43. The van der Waals surface area contributed by atoms with Gasteiger partial charge in [-0.15, -0.1) is 0 Å². The Morgan fingerprint density at radius 1 is 1.25 bits per heavy atom. The summed E-state index contributed by atoms with van der Waals surface area (Å²) in [6.07, 6.45) is 2.12. The fourth-order valence-electron chi connectivity index (χ4n) is 1.60. The molecule has 1 unspecified atom stereocenters. The monoisotopic (exact) mass is 235 g/mol. The molecule has 1 aromatic carbocycles. The quantitative estimate of drug-likeness (QED) is 0.864. The topological polar surface area (TPSA) is 21.3 Å². The minimum Gasteiger partial charge on any atom is -0.265 e. The lowest BCUT2D eigenvalue weighted by Gasteiger charge is -2.12. The van der Waals surface area contributed by atoms with Crippen molar-refractivity contribution in [2.45, 2.75) is 31.6 Å². The fraction of sp³-hybridized carbons (Fsp3) is 0.385. The van der Waals surface area contributed by atoms with Crippen molar-refractivity contribution >= 4 is 11.8 Å². The van der Waals surface area contributed by atoms with Crippen molar-refractivity contribution in [2.75, 3.05) is 0 Å². The maximum Gasteiger partial charge on any atom is 0.111 e. The zero-order chi connectivity index (χ0) is 11.6. The molecule has 1 N–H and O–H groups in total. The molecule has 2 rings (SSSR count). The Morgan fingerprint density at radius 3 is 2.50 bits per heavy atom. The van der Waals surface area contributed by atoms with Gasteiger partial charge in [-0.05, 0) is 32.4 Å². The van der Waals surface area contributed by atoms with Crippen LogP contribution < -0.4 is 5.48 Å². The third-order valence-electron chi connectivity index (χ3n) is 2.47. The number of hydroxylamine groups is 1. The van der Waals surface area contributed by atoms with E-state index in [0.29, 0.717) is 5.25 Å². The van der Waals surface area contributed by atoms with Gasteiger partial charge in [-0.3, -0.25) is 10.3 Å². The van der Waals surface area contributed by atoms with E-state index < -0.39 is 0 Å². The molecule has 16 heavy (non-hydrogen) atoms. The van der Waals surface area contributed by atoms with Gasteiger partial charge in [0.25, 0.3) is 0 Å². The van der Waals surface area contributed by atoms with E-state index in [1.807, 2.05) is 19.9 Å². The molecule has 1 atom stereocenters. The summed E-state index contributed by atoms with van der Waals surface area (Å²) in [6, 6.07) is 10.5. The van der Waals surface area contributed by atoms with E-state index in [9.17, 15) is 0 Å². The molecule has 0 saturated heterocycles. The van der Waals surface area contributed by atoms with E-state index >= 15 is 0 Å². The molecule has 0 radical (unpaired) electrons. The molecule has 0 aliphatic carbocycles. The van der Waals surface area contributed by atoms with Crippen molar-refractivity contribution < 1.29 is 4.84 Å². The Bertz CT molecular complexity index is 386.